The highest BCUT2D eigenvalue weighted by atomic mass is 16.5. The quantitative estimate of drug-likeness (QED) is 0.919. The van der Waals surface area contributed by atoms with Gasteiger partial charge >= 0.3 is 0 Å². The van der Waals surface area contributed by atoms with Crippen molar-refractivity contribution >= 4 is 0 Å². The number of para-hydroxylation sites is 1. The molecular formula is C17H27N3O. The van der Waals surface area contributed by atoms with Gasteiger partial charge in [-0.25, -0.2) is 0 Å². The minimum absolute atomic E-state index is 0.269. The first kappa shape index (κ1) is 14.8. The van der Waals surface area contributed by atoms with E-state index in [0.29, 0.717) is 6.54 Å². The highest BCUT2D eigenvalue weighted by Crippen LogP contribution is 2.31. The van der Waals surface area contributed by atoms with Crippen LogP contribution in [0.2, 0.25) is 0 Å². The Bertz CT molecular complexity index is 465. The largest absolute Gasteiger partial charge is 0.496 e. The molecule has 0 amide bonds. The molecule has 2 saturated heterocycles. The van der Waals surface area contributed by atoms with E-state index in [9.17, 15) is 0 Å². The molecule has 0 radical (unpaired) electrons. The maximum Gasteiger partial charge on any atom is 0.123 e. The average molecular weight is 289 g/mol. The van der Waals surface area contributed by atoms with Gasteiger partial charge in [-0.05, 0) is 25.5 Å². The number of hydrogen-bond donors (Lipinski definition) is 1. The fourth-order valence-electron chi connectivity index (χ4n) is 3.88. The van der Waals surface area contributed by atoms with E-state index in [1.165, 1.54) is 37.9 Å². The Balaban J connectivity index is 1.77. The van der Waals surface area contributed by atoms with Crippen LogP contribution in [0.4, 0.5) is 0 Å². The molecule has 2 unspecified atom stereocenters. The molecule has 3 rings (SSSR count). The van der Waals surface area contributed by atoms with Crippen LogP contribution >= 0.6 is 0 Å². The smallest absolute Gasteiger partial charge is 0.123 e. The maximum atomic E-state index is 6.12. The highest BCUT2D eigenvalue weighted by Gasteiger charge is 2.32. The molecule has 0 spiro atoms. The first-order chi connectivity index (χ1) is 10.3. The fraction of sp³-hybridized carbons (Fsp3) is 0.647. The van der Waals surface area contributed by atoms with Crippen LogP contribution in [0.1, 0.15) is 30.9 Å². The van der Waals surface area contributed by atoms with E-state index in [0.717, 1.165) is 24.9 Å². The summed E-state index contributed by atoms with van der Waals surface area (Å²) in [4.78, 5) is 5.22. The Morgan fingerprint density at radius 1 is 1.24 bits per heavy atom. The molecule has 2 fully saturated rings. The summed E-state index contributed by atoms with van der Waals surface area (Å²) in [5, 5.41) is 0. The van der Waals surface area contributed by atoms with E-state index in [4.69, 9.17) is 10.5 Å². The Morgan fingerprint density at radius 3 is 2.90 bits per heavy atom. The summed E-state index contributed by atoms with van der Waals surface area (Å²) in [7, 11) is 1.74. The van der Waals surface area contributed by atoms with Crippen LogP contribution in [0.3, 0.4) is 0 Å². The highest BCUT2D eigenvalue weighted by molar-refractivity contribution is 5.36. The topological polar surface area (TPSA) is 41.7 Å². The Hall–Kier alpha value is -1.10. The van der Waals surface area contributed by atoms with Gasteiger partial charge in [-0.15, -0.1) is 0 Å². The molecule has 0 bridgehead atoms. The summed E-state index contributed by atoms with van der Waals surface area (Å²) >= 11 is 0. The van der Waals surface area contributed by atoms with Crippen molar-refractivity contribution in [1.29, 1.82) is 0 Å². The van der Waals surface area contributed by atoms with Crippen molar-refractivity contribution in [3.63, 3.8) is 0 Å². The molecule has 2 heterocycles. The lowest BCUT2D eigenvalue weighted by molar-refractivity contribution is 0.0281. The number of piperazine rings is 1. The van der Waals surface area contributed by atoms with Crippen LogP contribution in [-0.2, 0) is 0 Å². The number of fused-ring (bicyclic) bond motifs is 1. The van der Waals surface area contributed by atoms with Gasteiger partial charge in [0.15, 0.2) is 0 Å². The number of rotatable bonds is 4. The second-order valence-electron chi connectivity index (χ2n) is 6.17. The molecule has 4 heteroatoms. The monoisotopic (exact) mass is 289 g/mol. The van der Waals surface area contributed by atoms with Gasteiger partial charge < -0.3 is 10.5 Å². The third kappa shape index (κ3) is 3.07. The Kier molecular flexibility index (Phi) is 4.78. The van der Waals surface area contributed by atoms with Crippen molar-refractivity contribution < 1.29 is 4.74 Å². The van der Waals surface area contributed by atoms with Gasteiger partial charge in [0.05, 0.1) is 13.2 Å². The molecule has 2 aliphatic rings. The predicted molar refractivity (Wildman–Crippen MR) is 85.6 cm³/mol. The van der Waals surface area contributed by atoms with Crippen LogP contribution in [0, 0.1) is 0 Å². The van der Waals surface area contributed by atoms with Gasteiger partial charge in [0.25, 0.3) is 0 Å². The van der Waals surface area contributed by atoms with E-state index in [-0.39, 0.29) is 6.04 Å². The van der Waals surface area contributed by atoms with Crippen molar-refractivity contribution in [2.45, 2.75) is 31.3 Å². The molecule has 21 heavy (non-hydrogen) atoms. The van der Waals surface area contributed by atoms with Crippen molar-refractivity contribution in [2.75, 3.05) is 39.8 Å². The Morgan fingerprint density at radius 2 is 2.10 bits per heavy atom. The van der Waals surface area contributed by atoms with Crippen LogP contribution in [0.25, 0.3) is 0 Å². The van der Waals surface area contributed by atoms with E-state index in [2.05, 4.69) is 21.9 Å². The number of nitrogens with two attached hydrogens (primary N) is 1. The number of benzene rings is 1. The van der Waals surface area contributed by atoms with Crippen LogP contribution in [-0.4, -0.2) is 55.7 Å². The van der Waals surface area contributed by atoms with Crippen molar-refractivity contribution in [3.05, 3.63) is 29.8 Å². The first-order valence-corrected chi connectivity index (χ1v) is 8.14. The van der Waals surface area contributed by atoms with Gasteiger partial charge in [-0.2, -0.15) is 0 Å². The second-order valence-corrected chi connectivity index (χ2v) is 6.17. The summed E-state index contributed by atoms with van der Waals surface area (Å²) in [5.41, 5.74) is 7.34. The van der Waals surface area contributed by atoms with Crippen molar-refractivity contribution in [2.24, 2.45) is 5.73 Å². The maximum absolute atomic E-state index is 6.12. The third-order valence-corrected chi connectivity index (χ3v) is 5.03. The molecule has 0 saturated carbocycles. The van der Waals surface area contributed by atoms with Crippen LogP contribution < -0.4 is 10.5 Å². The minimum Gasteiger partial charge on any atom is -0.496 e. The first-order valence-electron chi connectivity index (χ1n) is 8.14. The van der Waals surface area contributed by atoms with E-state index < -0.39 is 0 Å². The molecule has 2 aliphatic heterocycles. The summed E-state index contributed by atoms with van der Waals surface area (Å²) in [6.07, 6.45) is 4.07. The van der Waals surface area contributed by atoms with Gasteiger partial charge in [-0.1, -0.05) is 24.6 Å². The molecule has 0 aromatic heterocycles. The average Bonchev–Trinajstić information content (AvgIpc) is 2.56. The van der Waals surface area contributed by atoms with Gasteiger partial charge in [0.2, 0.25) is 0 Å². The number of piperidine rings is 1. The number of nitrogens with zero attached hydrogens (tertiary/aromatic N) is 2. The fourth-order valence-corrected chi connectivity index (χ4v) is 3.88. The normalized spacial score (nSPS) is 25.3. The zero-order chi connectivity index (χ0) is 14.7. The number of methoxy groups -OCH3 is 1. The lowest BCUT2D eigenvalue weighted by Gasteiger charge is -2.46. The lowest BCUT2D eigenvalue weighted by Crippen LogP contribution is -2.56. The second kappa shape index (κ2) is 6.77. The molecule has 0 aliphatic carbocycles. The standard InChI is InChI=1S/C17H27N3O/c1-21-17-8-3-2-7-15(17)16(12-18)20-11-10-19-9-5-4-6-14(19)13-20/h2-3,7-8,14,16H,4-6,9-13,18H2,1H3. The summed E-state index contributed by atoms with van der Waals surface area (Å²) < 4.78 is 5.53. The van der Waals surface area contributed by atoms with Crippen LogP contribution in [0.15, 0.2) is 24.3 Å². The van der Waals surface area contributed by atoms with Gasteiger partial charge in [-0.3, -0.25) is 9.80 Å². The van der Waals surface area contributed by atoms with Gasteiger partial charge in [0.1, 0.15) is 5.75 Å². The SMILES string of the molecule is COc1ccccc1C(CN)N1CCN2CCCCC2C1. The molecule has 1 aromatic rings. The third-order valence-electron chi connectivity index (χ3n) is 5.03. The summed E-state index contributed by atoms with van der Waals surface area (Å²) in [6.45, 7) is 5.35. The molecule has 4 nitrogen and oxygen atoms in total. The summed E-state index contributed by atoms with van der Waals surface area (Å²) in [6, 6.07) is 9.28. The van der Waals surface area contributed by atoms with Gasteiger partial charge in [0, 0.05) is 37.8 Å². The van der Waals surface area contributed by atoms with E-state index >= 15 is 0 Å². The zero-order valence-corrected chi connectivity index (χ0v) is 13.0. The number of hydrogen-bond acceptors (Lipinski definition) is 4. The predicted octanol–water partition coefficient (Wildman–Crippen LogP) is 1.87. The van der Waals surface area contributed by atoms with E-state index in [1.54, 1.807) is 7.11 Å². The Labute approximate surface area is 127 Å². The minimum atomic E-state index is 0.269. The molecular weight excluding hydrogens is 262 g/mol. The van der Waals surface area contributed by atoms with Crippen LogP contribution in [0.5, 0.6) is 5.75 Å². The van der Waals surface area contributed by atoms with E-state index in [1.807, 2.05) is 12.1 Å². The van der Waals surface area contributed by atoms with Crippen molar-refractivity contribution in [1.82, 2.24) is 9.80 Å². The number of ether oxygens (including phenoxy) is 1. The molecule has 1 aromatic carbocycles. The lowest BCUT2D eigenvalue weighted by atomic mass is 9.96. The molecule has 2 atom stereocenters. The molecule has 116 valence electrons. The zero-order valence-electron chi connectivity index (χ0n) is 13.0. The summed E-state index contributed by atoms with van der Waals surface area (Å²) in [5.74, 6) is 0.957. The molecule has 2 N–H and O–H groups in total. The van der Waals surface area contributed by atoms with Crippen molar-refractivity contribution in [3.8, 4) is 5.75 Å².